The fourth-order valence-corrected chi connectivity index (χ4v) is 4.82. The van der Waals surface area contributed by atoms with Gasteiger partial charge in [-0.05, 0) is 52.6 Å². The number of fused-ring (bicyclic) bond motifs is 1. The molecule has 6 nitrogen and oxygen atoms in total. The molecular weight excluding hydrogens is 478 g/mol. The number of likely N-dealkylation sites (tertiary alicyclic amines) is 1. The molecule has 192 valence electrons. The highest BCUT2D eigenvalue weighted by molar-refractivity contribution is 6.46. The number of nitrogens with zero attached hydrogens (tertiary/aromatic N) is 1. The van der Waals surface area contributed by atoms with E-state index in [0.29, 0.717) is 23.5 Å². The van der Waals surface area contributed by atoms with E-state index in [2.05, 4.69) is 0 Å². The van der Waals surface area contributed by atoms with Gasteiger partial charge in [0, 0.05) is 19.2 Å². The third-order valence-corrected chi connectivity index (χ3v) is 6.95. The molecule has 4 aromatic rings. The van der Waals surface area contributed by atoms with Crippen LogP contribution in [0.4, 0.5) is 0 Å². The first-order valence-electron chi connectivity index (χ1n) is 12.5. The van der Waals surface area contributed by atoms with Gasteiger partial charge < -0.3 is 19.5 Å². The molecule has 0 aliphatic carbocycles. The van der Waals surface area contributed by atoms with Crippen LogP contribution in [0.1, 0.15) is 28.3 Å². The van der Waals surface area contributed by atoms with Crippen molar-refractivity contribution in [3.05, 3.63) is 119 Å². The minimum atomic E-state index is -0.748. The monoisotopic (exact) mass is 507 g/mol. The predicted molar refractivity (Wildman–Crippen MR) is 147 cm³/mol. The Bertz CT molecular complexity index is 1520. The summed E-state index contributed by atoms with van der Waals surface area (Å²) in [7, 11) is 1.54. The van der Waals surface area contributed by atoms with Gasteiger partial charge in [0.1, 0.15) is 18.1 Å². The lowest BCUT2D eigenvalue weighted by Gasteiger charge is -2.25. The Kier molecular flexibility index (Phi) is 7.24. The van der Waals surface area contributed by atoms with Crippen molar-refractivity contribution in [3.63, 3.8) is 0 Å². The molecule has 0 spiro atoms. The van der Waals surface area contributed by atoms with E-state index in [9.17, 15) is 14.7 Å². The number of Topliss-reactive ketones (excluding diaryl/α,β-unsaturated/α-hetero) is 1. The van der Waals surface area contributed by atoms with Crippen molar-refractivity contribution in [2.24, 2.45) is 0 Å². The number of rotatable bonds is 8. The molecule has 38 heavy (non-hydrogen) atoms. The summed E-state index contributed by atoms with van der Waals surface area (Å²) < 4.78 is 11.2. The number of ketones is 1. The quantitative estimate of drug-likeness (QED) is 0.185. The van der Waals surface area contributed by atoms with Gasteiger partial charge in [0.2, 0.25) is 0 Å². The Morgan fingerprint density at radius 2 is 1.61 bits per heavy atom. The topological polar surface area (TPSA) is 76.1 Å². The van der Waals surface area contributed by atoms with Crippen LogP contribution in [-0.4, -0.2) is 42.0 Å². The van der Waals surface area contributed by atoms with E-state index in [-0.39, 0.29) is 24.5 Å². The highest BCUT2D eigenvalue weighted by Crippen LogP contribution is 2.40. The fourth-order valence-electron chi connectivity index (χ4n) is 4.82. The zero-order valence-corrected chi connectivity index (χ0v) is 21.4. The Morgan fingerprint density at radius 1 is 0.895 bits per heavy atom. The summed E-state index contributed by atoms with van der Waals surface area (Å²) in [5, 5.41) is 13.3. The first-order chi connectivity index (χ1) is 18.5. The largest absolute Gasteiger partial charge is 0.507 e. The van der Waals surface area contributed by atoms with Crippen molar-refractivity contribution < 1.29 is 24.2 Å². The van der Waals surface area contributed by atoms with Gasteiger partial charge in [-0.1, -0.05) is 72.8 Å². The van der Waals surface area contributed by atoms with Crippen molar-refractivity contribution in [1.82, 2.24) is 4.90 Å². The number of benzene rings is 4. The number of aliphatic hydroxyl groups excluding tert-OH is 1. The van der Waals surface area contributed by atoms with Gasteiger partial charge in [-0.3, -0.25) is 9.59 Å². The Hall–Kier alpha value is -4.42. The van der Waals surface area contributed by atoms with Crippen LogP contribution < -0.4 is 4.74 Å². The number of hydrogen-bond acceptors (Lipinski definition) is 5. The lowest BCUT2D eigenvalue weighted by molar-refractivity contribution is -0.140. The second kappa shape index (κ2) is 10.9. The maximum Gasteiger partial charge on any atom is 0.295 e. The molecule has 1 atom stereocenters. The number of amides is 1. The average molecular weight is 508 g/mol. The van der Waals surface area contributed by atoms with Crippen molar-refractivity contribution in [1.29, 1.82) is 0 Å². The molecule has 0 saturated carbocycles. The van der Waals surface area contributed by atoms with Gasteiger partial charge in [-0.2, -0.15) is 0 Å². The first-order valence-corrected chi connectivity index (χ1v) is 12.5. The third-order valence-electron chi connectivity index (χ3n) is 6.95. The van der Waals surface area contributed by atoms with Crippen LogP contribution in [0.25, 0.3) is 16.5 Å². The van der Waals surface area contributed by atoms with E-state index in [1.165, 1.54) is 4.90 Å². The highest BCUT2D eigenvalue weighted by Gasteiger charge is 2.45. The van der Waals surface area contributed by atoms with Crippen LogP contribution in [0, 0.1) is 6.92 Å². The Morgan fingerprint density at radius 3 is 2.34 bits per heavy atom. The summed E-state index contributed by atoms with van der Waals surface area (Å²) in [6, 6.07) is 27.8. The number of carbonyl (C=O) groups is 2. The number of ether oxygens (including phenoxy) is 2. The molecule has 1 unspecified atom stereocenters. The lowest BCUT2D eigenvalue weighted by Crippen LogP contribution is -2.32. The molecule has 1 heterocycles. The van der Waals surface area contributed by atoms with Gasteiger partial charge in [-0.25, -0.2) is 0 Å². The van der Waals surface area contributed by atoms with Crippen molar-refractivity contribution in [3.8, 4) is 5.75 Å². The van der Waals surface area contributed by atoms with Crippen LogP contribution in [0.15, 0.2) is 96.6 Å². The number of methoxy groups -OCH3 is 1. The third kappa shape index (κ3) is 4.91. The number of aryl methyl sites for hydroxylation is 1. The van der Waals surface area contributed by atoms with Crippen LogP contribution in [0.5, 0.6) is 5.75 Å². The summed E-state index contributed by atoms with van der Waals surface area (Å²) in [6.45, 7) is 2.95. The standard InChI is InChI=1S/C32H29NO5/c1-21-7-3-4-10-26(21)20-38-27-15-13-23(14-16-27)29-28(31(35)32(36)33(29)17-18-37-2)30(34)25-12-11-22-8-5-6-9-24(22)19-25/h3-16,19,29,34H,17-18,20H2,1-2H3/b30-28-. The molecule has 6 heteroatoms. The predicted octanol–water partition coefficient (Wildman–Crippen LogP) is 5.80. The molecule has 1 aliphatic rings. The van der Waals surface area contributed by atoms with Crippen molar-refractivity contribution in [2.45, 2.75) is 19.6 Å². The number of carbonyl (C=O) groups excluding carboxylic acids is 2. The average Bonchev–Trinajstić information content (AvgIpc) is 3.20. The van der Waals surface area contributed by atoms with Gasteiger partial charge in [0.05, 0.1) is 18.2 Å². The molecule has 4 aromatic carbocycles. The molecule has 1 fully saturated rings. The van der Waals surface area contributed by atoms with Crippen LogP contribution >= 0.6 is 0 Å². The molecular formula is C32H29NO5. The summed E-state index contributed by atoms with van der Waals surface area (Å²) >= 11 is 0. The SMILES string of the molecule is COCCN1C(=O)C(=O)/C(=C(\O)c2ccc3ccccc3c2)C1c1ccc(OCc2ccccc2C)cc1. The van der Waals surface area contributed by atoms with Crippen LogP contribution in [0.2, 0.25) is 0 Å². The van der Waals surface area contributed by atoms with Gasteiger partial charge in [0.25, 0.3) is 11.7 Å². The molecule has 1 saturated heterocycles. The maximum atomic E-state index is 13.2. The van der Waals surface area contributed by atoms with Gasteiger partial charge in [-0.15, -0.1) is 0 Å². The highest BCUT2D eigenvalue weighted by atomic mass is 16.5. The molecule has 0 aromatic heterocycles. The second-order valence-corrected chi connectivity index (χ2v) is 9.33. The number of aliphatic hydroxyl groups is 1. The molecule has 1 aliphatic heterocycles. The molecule has 1 amide bonds. The molecule has 5 rings (SSSR count). The van der Waals surface area contributed by atoms with E-state index in [1.54, 1.807) is 13.2 Å². The first kappa shape index (κ1) is 25.2. The maximum absolute atomic E-state index is 13.2. The Labute approximate surface area is 221 Å². The minimum absolute atomic E-state index is 0.0648. The zero-order valence-electron chi connectivity index (χ0n) is 21.4. The van der Waals surface area contributed by atoms with E-state index in [4.69, 9.17) is 9.47 Å². The molecule has 1 N–H and O–H groups in total. The van der Waals surface area contributed by atoms with E-state index in [0.717, 1.165) is 21.9 Å². The van der Waals surface area contributed by atoms with E-state index >= 15 is 0 Å². The summed E-state index contributed by atoms with van der Waals surface area (Å²) in [6.07, 6.45) is 0. The normalized spacial score (nSPS) is 16.8. The Balaban J connectivity index is 1.50. The van der Waals surface area contributed by atoms with Gasteiger partial charge >= 0.3 is 0 Å². The fraction of sp³-hybridized carbons (Fsp3) is 0.188. The van der Waals surface area contributed by atoms with Crippen LogP contribution in [0.3, 0.4) is 0 Å². The van der Waals surface area contributed by atoms with Crippen molar-refractivity contribution >= 4 is 28.2 Å². The molecule has 0 bridgehead atoms. The minimum Gasteiger partial charge on any atom is -0.507 e. The zero-order chi connectivity index (χ0) is 26.6. The van der Waals surface area contributed by atoms with Gasteiger partial charge in [0.15, 0.2) is 0 Å². The smallest absolute Gasteiger partial charge is 0.295 e. The second-order valence-electron chi connectivity index (χ2n) is 9.33. The van der Waals surface area contributed by atoms with Crippen molar-refractivity contribution in [2.75, 3.05) is 20.3 Å². The van der Waals surface area contributed by atoms with E-state index < -0.39 is 17.7 Å². The van der Waals surface area contributed by atoms with E-state index in [1.807, 2.05) is 91.9 Å². The summed E-state index contributed by atoms with van der Waals surface area (Å²) in [4.78, 5) is 27.7. The lowest BCUT2D eigenvalue weighted by atomic mass is 9.94. The summed E-state index contributed by atoms with van der Waals surface area (Å²) in [5.41, 5.74) is 3.50. The van der Waals surface area contributed by atoms with Crippen LogP contribution in [-0.2, 0) is 20.9 Å². The molecule has 0 radical (unpaired) electrons. The summed E-state index contributed by atoms with van der Waals surface area (Å²) in [5.74, 6) is -0.898. The number of hydrogen-bond donors (Lipinski definition) is 1.